The Bertz CT molecular complexity index is 1340. The number of aromatic nitrogens is 3. The zero-order chi connectivity index (χ0) is 25.3. The van der Waals surface area contributed by atoms with Gasteiger partial charge in [0.15, 0.2) is 11.0 Å². The fraction of sp³-hybridized carbons (Fsp3) is 0.185. The number of hydrazone groups is 1. The van der Waals surface area contributed by atoms with Crippen molar-refractivity contribution in [2.75, 3.05) is 19.5 Å². The smallest absolute Gasteiger partial charge is 0.250 e. The van der Waals surface area contributed by atoms with E-state index in [1.54, 1.807) is 7.11 Å². The predicted octanol–water partition coefficient (Wildman–Crippen LogP) is 4.97. The van der Waals surface area contributed by atoms with Crippen LogP contribution in [0.15, 0.2) is 89.1 Å². The van der Waals surface area contributed by atoms with Gasteiger partial charge in [-0.3, -0.25) is 9.36 Å². The standard InChI is InChI=1S/C27H27N5O3S/c1-4-35-23-15-13-22(14-16-23)32-26(20-9-6-5-7-10-20)30-31-27(32)36-18-25(33)29-28-19(2)21-11-8-12-24(17-21)34-3/h5-17H,4,18H2,1-3H3,(H,29,33)/b28-19-. The van der Waals surface area contributed by atoms with Gasteiger partial charge in [0.05, 0.1) is 25.2 Å². The number of nitrogens with one attached hydrogen (secondary N) is 1. The largest absolute Gasteiger partial charge is 0.497 e. The monoisotopic (exact) mass is 501 g/mol. The number of thioether (sulfide) groups is 1. The molecule has 9 heteroatoms. The third kappa shape index (κ3) is 6.11. The van der Waals surface area contributed by atoms with Crippen LogP contribution in [0.1, 0.15) is 19.4 Å². The SMILES string of the molecule is CCOc1ccc(-n2c(SCC(=O)N/N=C(/C)c3cccc(OC)c3)nnc2-c2ccccc2)cc1. The first-order chi connectivity index (χ1) is 17.6. The van der Waals surface area contributed by atoms with E-state index in [0.29, 0.717) is 23.3 Å². The van der Waals surface area contributed by atoms with Crippen LogP contribution in [0.3, 0.4) is 0 Å². The number of carbonyl (C=O) groups is 1. The van der Waals surface area contributed by atoms with Crippen LogP contribution in [0.2, 0.25) is 0 Å². The number of amides is 1. The van der Waals surface area contributed by atoms with Gasteiger partial charge in [-0.25, -0.2) is 5.43 Å². The van der Waals surface area contributed by atoms with Crippen LogP contribution in [0.5, 0.6) is 11.5 Å². The maximum Gasteiger partial charge on any atom is 0.250 e. The van der Waals surface area contributed by atoms with Gasteiger partial charge in [0.1, 0.15) is 11.5 Å². The molecule has 0 atom stereocenters. The Morgan fingerprint density at radius 2 is 1.78 bits per heavy atom. The number of hydrogen-bond acceptors (Lipinski definition) is 7. The van der Waals surface area contributed by atoms with Crippen LogP contribution >= 0.6 is 11.8 Å². The molecule has 0 fully saturated rings. The van der Waals surface area contributed by atoms with Crippen LogP contribution in [0.4, 0.5) is 0 Å². The molecule has 1 N–H and O–H groups in total. The second kappa shape index (κ2) is 12.0. The number of hydrogen-bond donors (Lipinski definition) is 1. The summed E-state index contributed by atoms with van der Waals surface area (Å²) in [6, 6.07) is 25.0. The minimum Gasteiger partial charge on any atom is -0.497 e. The maximum atomic E-state index is 12.6. The van der Waals surface area contributed by atoms with Gasteiger partial charge in [0, 0.05) is 16.8 Å². The van der Waals surface area contributed by atoms with Gasteiger partial charge >= 0.3 is 0 Å². The Hall–Kier alpha value is -4.11. The molecule has 4 rings (SSSR count). The van der Waals surface area contributed by atoms with Crippen molar-refractivity contribution in [3.63, 3.8) is 0 Å². The quantitative estimate of drug-likeness (QED) is 0.187. The summed E-state index contributed by atoms with van der Waals surface area (Å²) < 4.78 is 12.8. The molecule has 184 valence electrons. The number of rotatable bonds is 10. The van der Waals surface area contributed by atoms with Crippen LogP contribution in [0, 0.1) is 0 Å². The minimum absolute atomic E-state index is 0.124. The van der Waals surface area contributed by atoms with Crippen molar-refractivity contribution in [1.82, 2.24) is 20.2 Å². The molecule has 1 aromatic heterocycles. The summed E-state index contributed by atoms with van der Waals surface area (Å²) in [6.45, 7) is 4.37. The topological polar surface area (TPSA) is 90.6 Å². The Morgan fingerprint density at radius 1 is 1.00 bits per heavy atom. The average molecular weight is 502 g/mol. The Kier molecular flexibility index (Phi) is 8.36. The van der Waals surface area contributed by atoms with Gasteiger partial charge in [-0.05, 0) is 50.2 Å². The van der Waals surface area contributed by atoms with E-state index in [2.05, 4.69) is 20.7 Å². The average Bonchev–Trinajstić information content (AvgIpc) is 3.35. The summed E-state index contributed by atoms with van der Waals surface area (Å²) in [6.07, 6.45) is 0. The Labute approximate surface area is 214 Å². The molecule has 0 saturated heterocycles. The van der Waals surface area contributed by atoms with Gasteiger partial charge in [0.2, 0.25) is 0 Å². The molecular weight excluding hydrogens is 474 g/mol. The number of carbonyl (C=O) groups excluding carboxylic acids is 1. The lowest BCUT2D eigenvalue weighted by Crippen LogP contribution is -2.21. The molecule has 8 nitrogen and oxygen atoms in total. The first-order valence-corrected chi connectivity index (χ1v) is 12.4. The fourth-order valence-corrected chi connectivity index (χ4v) is 4.19. The van der Waals surface area contributed by atoms with Crippen molar-refractivity contribution in [2.45, 2.75) is 19.0 Å². The lowest BCUT2D eigenvalue weighted by atomic mass is 10.1. The highest BCUT2D eigenvalue weighted by molar-refractivity contribution is 7.99. The molecule has 36 heavy (non-hydrogen) atoms. The third-order valence-corrected chi connectivity index (χ3v) is 6.17. The summed E-state index contributed by atoms with van der Waals surface area (Å²) in [5.74, 6) is 2.08. The summed E-state index contributed by atoms with van der Waals surface area (Å²) in [5.41, 5.74) is 5.96. The molecule has 0 bridgehead atoms. The highest BCUT2D eigenvalue weighted by Crippen LogP contribution is 2.28. The van der Waals surface area contributed by atoms with Crippen molar-refractivity contribution in [3.8, 4) is 28.6 Å². The number of benzene rings is 3. The summed E-state index contributed by atoms with van der Waals surface area (Å²) in [7, 11) is 1.61. The molecule has 0 aliphatic rings. The maximum absolute atomic E-state index is 12.6. The van der Waals surface area contributed by atoms with Crippen molar-refractivity contribution < 1.29 is 14.3 Å². The fourth-order valence-electron chi connectivity index (χ4n) is 3.45. The zero-order valence-electron chi connectivity index (χ0n) is 20.3. The summed E-state index contributed by atoms with van der Waals surface area (Å²) >= 11 is 1.29. The highest BCUT2D eigenvalue weighted by Gasteiger charge is 2.17. The van der Waals surface area contributed by atoms with Gasteiger partial charge in [0.25, 0.3) is 5.91 Å². The van der Waals surface area contributed by atoms with E-state index in [1.807, 2.05) is 97.3 Å². The first kappa shape index (κ1) is 25.0. The van der Waals surface area contributed by atoms with E-state index >= 15 is 0 Å². The molecule has 0 aliphatic heterocycles. The number of nitrogens with zero attached hydrogens (tertiary/aromatic N) is 4. The van der Waals surface area contributed by atoms with E-state index < -0.39 is 0 Å². The molecule has 0 spiro atoms. The summed E-state index contributed by atoms with van der Waals surface area (Å²) in [5, 5.41) is 13.6. The van der Waals surface area contributed by atoms with E-state index in [9.17, 15) is 4.79 Å². The predicted molar refractivity (Wildman–Crippen MR) is 142 cm³/mol. The van der Waals surface area contributed by atoms with Gasteiger partial charge in [-0.15, -0.1) is 10.2 Å². The molecule has 0 radical (unpaired) electrons. The molecule has 0 unspecified atom stereocenters. The second-order valence-corrected chi connectivity index (χ2v) is 8.63. The van der Waals surface area contributed by atoms with Crippen LogP contribution < -0.4 is 14.9 Å². The Morgan fingerprint density at radius 3 is 2.50 bits per heavy atom. The second-order valence-electron chi connectivity index (χ2n) is 7.69. The molecular formula is C27H27N5O3S. The van der Waals surface area contributed by atoms with Gasteiger partial charge in [-0.1, -0.05) is 54.2 Å². The zero-order valence-corrected chi connectivity index (χ0v) is 21.2. The van der Waals surface area contributed by atoms with E-state index in [0.717, 1.165) is 28.3 Å². The molecule has 3 aromatic carbocycles. The molecule has 4 aromatic rings. The van der Waals surface area contributed by atoms with Gasteiger partial charge in [-0.2, -0.15) is 5.10 Å². The van der Waals surface area contributed by atoms with Crippen LogP contribution in [-0.2, 0) is 4.79 Å². The minimum atomic E-state index is -0.246. The lowest BCUT2D eigenvalue weighted by Gasteiger charge is -2.11. The summed E-state index contributed by atoms with van der Waals surface area (Å²) in [4.78, 5) is 12.6. The van der Waals surface area contributed by atoms with Crippen molar-refractivity contribution in [2.24, 2.45) is 5.10 Å². The van der Waals surface area contributed by atoms with E-state index in [-0.39, 0.29) is 11.7 Å². The molecule has 1 amide bonds. The number of ether oxygens (including phenoxy) is 2. The van der Waals surface area contributed by atoms with Crippen molar-refractivity contribution >= 4 is 23.4 Å². The third-order valence-electron chi connectivity index (χ3n) is 5.24. The molecule has 0 aliphatic carbocycles. The van der Waals surface area contributed by atoms with E-state index in [4.69, 9.17) is 9.47 Å². The number of methoxy groups -OCH3 is 1. The normalized spacial score (nSPS) is 11.2. The highest BCUT2D eigenvalue weighted by atomic mass is 32.2. The Balaban J connectivity index is 1.51. The lowest BCUT2D eigenvalue weighted by molar-refractivity contribution is -0.118. The van der Waals surface area contributed by atoms with E-state index in [1.165, 1.54) is 11.8 Å². The van der Waals surface area contributed by atoms with Crippen molar-refractivity contribution in [3.05, 3.63) is 84.4 Å². The van der Waals surface area contributed by atoms with Crippen LogP contribution in [0.25, 0.3) is 17.1 Å². The van der Waals surface area contributed by atoms with Crippen molar-refractivity contribution in [1.29, 1.82) is 0 Å². The molecule has 1 heterocycles. The molecule has 0 saturated carbocycles. The van der Waals surface area contributed by atoms with Gasteiger partial charge < -0.3 is 9.47 Å². The first-order valence-electron chi connectivity index (χ1n) is 11.4. The van der Waals surface area contributed by atoms with Crippen LogP contribution in [-0.4, -0.2) is 45.9 Å².